The zero-order valence-corrected chi connectivity index (χ0v) is 12.8. The van der Waals surface area contributed by atoms with Gasteiger partial charge in [0.05, 0.1) is 11.4 Å². The molecule has 4 heteroatoms. The lowest BCUT2D eigenvalue weighted by Crippen LogP contribution is -2.30. The number of nitrogens with two attached hydrogens (primary N) is 1. The van der Waals surface area contributed by atoms with Gasteiger partial charge in [0.1, 0.15) is 13.2 Å². The van der Waals surface area contributed by atoms with Crippen LogP contribution in [0.3, 0.4) is 0 Å². The van der Waals surface area contributed by atoms with Crippen molar-refractivity contribution in [1.29, 1.82) is 0 Å². The van der Waals surface area contributed by atoms with E-state index in [2.05, 4.69) is 25.7 Å². The van der Waals surface area contributed by atoms with E-state index in [1.165, 1.54) is 12.8 Å². The maximum atomic E-state index is 6.20. The normalized spacial score (nSPS) is 13.6. The number of rotatable bonds is 6. The Balaban J connectivity index is 2.24. The molecule has 0 aromatic heterocycles. The Morgan fingerprint density at radius 2 is 1.70 bits per heavy atom. The molecule has 0 saturated heterocycles. The number of nitrogen functional groups attached to an aromatic ring is 1. The van der Waals surface area contributed by atoms with E-state index in [4.69, 9.17) is 15.2 Å². The molecule has 1 aliphatic heterocycles. The van der Waals surface area contributed by atoms with Gasteiger partial charge >= 0.3 is 0 Å². The molecule has 1 aromatic carbocycles. The lowest BCUT2D eigenvalue weighted by molar-refractivity contribution is 0.172. The Labute approximate surface area is 121 Å². The van der Waals surface area contributed by atoms with Crippen LogP contribution in [0, 0.1) is 5.92 Å². The van der Waals surface area contributed by atoms with Crippen molar-refractivity contribution >= 4 is 11.4 Å². The summed E-state index contributed by atoms with van der Waals surface area (Å²) in [4.78, 5) is 2.34. The van der Waals surface area contributed by atoms with Crippen molar-refractivity contribution in [2.75, 3.05) is 36.9 Å². The van der Waals surface area contributed by atoms with Crippen molar-refractivity contribution in [1.82, 2.24) is 0 Å². The highest BCUT2D eigenvalue weighted by Gasteiger charge is 2.19. The van der Waals surface area contributed by atoms with Gasteiger partial charge < -0.3 is 20.1 Å². The molecule has 0 aliphatic carbocycles. The molecule has 0 bridgehead atoms. The summed E-state index contributed by atoms with van der Waals surface area (Å²) in [7, 11) is 0. The quantitative estimate of drug-likeness (QED) is 0.811. The fourth-order valence-corrected chi connectivity index (χ4v) is 2.62. The van der Waals surface area contributed by atoms with Crippen molar-refractivity contribution < 1.29 is 9.47 Å². The van der Waals surface area contributed by atoms with Crippen molar-refractivity contribution in [3.63, 3.8) is 0 Å². The smallest absolute Gasteiger partial charge is 0.163 e. The van der Waals surface area contributed by atoms with E-state index in [0.29, 0.717) is 19.1 Å². The Hall–Kier alpha value is -1.58. The molecule has 0 fully saturated rings. The van der Waals surface area contributed by atoms with Gasteiger partial charge in [-0.2, -0.15) is 0 Å². The maximum Gasteiger partial charge on any atom is 0.163 e. The van der Waals surface area contributed by atoms with Crippen molar-refractivity contribution in [3.8, 4) is 11.5 Å². The van der Waals surface area contributed by atoms with Gasteiger partial charge in [-0.05, 0) is 12.8 Å². The minimum atomic E-state index is 0.594. The number of ether oxygens (including phenoxy) is 2. The lowest BCUT2D eigenvalue weighted by Gasteiger charge is -2.30. The second-order valence-corrected chi connectivity index (χ2v) is 5.28. The van der Waals surface area contributed by atoms with Gasteiger partial charge in [-0.1, -0.05) is 26.7 Å². The van der Waals surface area contributed by atoms with Gasteiger partial charge in [0.2, 0.25) is 0 Å². The Bertz CT molecular complexity index is 444. The first-order chi connectivity index (χ1) is 9.69. The van der Waals surface area contributed by atoms with Crippen LogP contribution in [0.15, 0.2) is 12.1 Å². The number of benzene rings is 1. The average Bonchev–Trinajstić information content (AvgIpc) is 2.48. The van der Waals surface area contributed by atoms with Gasteiger partial charge in [-0.25, -0.2) is 0 Å². The predicted octanol–water partition coefficient (Wildman–Crippen LogP) is 3.30. The molecule has 1 aromatic rings. The first kappa shape index (κ1) is 14.8. The largest absolute Gasteiger partial charge is 0.486 e. The lowest BCUT2D eigenvalue weighted by atomic mass is 10.0. The minimum absolute atomic E-state index is 0.594. The minimum Gasteiger partial charge on any atom is -0.486 e. The summed E-state index contributed by atoms with van der Waals surface area (Å²) in [5, 5.41) is 0. The molecule has 1 aliphatic rings. The van der Waals surface area contributed by atoms with E-state index in [1.807, 2.05) is 12.1 Å². The molecule has 0 radical (unpaired) electrons. The van der Waals surface area contributed by atoms with Gasteiger partial charge in [0, 0.05) is 25.2 Å². The van der Waals surface area contributed by atoms with Gasteiger partial charge in [-0.3, -0.25) is 0 Å². The molecular weight excluding hydrogens is 252 g/mol. The summed E-state index contributed by atoms with van der Waals surface area (Å²) >= 11 is 0. The van der Waals surface area contributed by atoms with Crippen LogP contribution < -0.4 is 20.1 Å². The van der Waals surface area contributed by atoms with E-state index < -0.39 is 0 Å². The molecule has 0 atom stereocenters. The second kappa shape index (κ2) is 6.73. The summed E-state index contributed by atoms with van der Waals surface area (Å²) in [5.74, 6) is 2.27. The van der Waals surface area contributed by atoms with Crippen LogP contribution in [-0.2, 0) is 0 Å². The maximum absolute atomic E-state index is 6.20. The topological polar surface area (TPSA) is 47.7 Å². The van der Waals surface area contributed by atoms with Crippen LogP contribution >= 0.6 is 0 Å². The molecule has 0 spiro atoms. The van der Waals surface area contributed by atoms with Crippen LogP contribution in [0.4, 0.5) is 11.4 Å². The Morgan fingerprint density at radius 3 is 2.25 bits per heavy atom. The molecule has 112 valence electrons. The molecule has 0 unspecified atom stereocenters. The zero-order chi connectivity index (χ0) is 14.5. The van der Waals surface area contributed by atoms with Crippen molar-refractivity contribution in [2.24, 2.45) is 5.92 Å². The van der Waals surface area contributed by atoms with Gasteiger partial charge in [0.25, 0.3) is 0 Å². The van der Waals surface area contributed by atoms with Crippen molar-refractivity contribution in [2.45, 2.75) is 33.6 Å². The third-order valence-corrected chi connectivity index (χ3v) is 4.05. The second-order valence-electron chi connectivity index (χ2n) is 5.28. The number of nitrogens with zero attached hydrogens (tertiary/aromatic N) is 1. The third kappa shape index (κ3) is 3.11. The molecule has 4 nitrogen and oxygen atoms in total. The monoisotopic (exact) mass is 278 g/mol. The molecule has 1 heterocycles. The van der Waals surface area contributed by atoms with Crippen LogP contribution in [0.1, 0.15) is 33.6 Å². The number of hydrogen-bond acceptors (Lipinski definition) is 4. The van der Waals surface area contributed by atoms with Crippen LogP contribution in [0.25, 0.3) is 0 Å². The molecule has 0 amide bonds. The van der Waals surface area contributed by atoms with E-state index in [-0.39, 0.29) is 0 Å². The van der Waals surface area contributed by atoms with E-state index in [0.717, 1.165) is 36.0 Å². The molecule has 20 heavy (non-hydrogen) atoms. The van der Waals surface area contributed by atoms with E-state index >= 15 is 0 Å². The summed E-state index contributed by atoms with van der Waals surface area (Å²) in [6.45, 7) is 9.84. The van der Waals surface area contributed by atoms with Crippen LogP contribution in [0.5, 0.6) is 11.5 Å². The van der Waals surface area contributed by atoms with E-state index in [1.54, 1.807) is 0 Å². The standard InChI is InChI=1S/C16H26N2O2/c1-4-12(5-2)11-18(6-3)14-10-16-15(9-13(14)17)19-7-8-20-16/h9-10,12H,4-8,11,17H2,1-3H3. The summed E-state index contributed by atoms with van der Waals surface area (Å²) in [6, 6.07) is 3.91. The predicted molar refractivity (Wildman–Crippen MR) is 83.8 cm³/mol. The van der Waals surface area contributed by atoms with Crippen molar-refractivity contribution in [3.05, 3.63) is 12.1 Å². The molecule has 0 saturated carbocycles. The van der Waals surface area contributed by atoms with Crippen LogP contribution in [-0.4, -0.2) is 26.3 Å². The number of hydrogen-bond donors (Lipinski definition) is 1. The highest BCUT2D eigenvalue weighted by Crippen LogP contribution is 2.38. The molecule has 2 N–H and O–H groups in total. The first-order valence-corrected chi connectivity index (χ1v) is 7.63. The van der Waals surface area contributed by atoms with Gasteiger partial charge in [0.15, 0.2) is 11.5 Å². The third-order valence-electron chi connectivity index (χ3n) is 4.05. The van der Waals surface area contributed by atoms with Gasteiger partial charge in [-0.15, -0.1) is 0 Å². The zero-order valence-electron chi connectivity index (χ0n) is 12.8. The fourth-order valence-electron chi connectivity index (χ4n) is 2.62. The summed E-state index contributed by atoms with van der Waals surface area (Å²) < 4.78 is 11.2. The number of fused-ring (bicyclic) bond motifs is 1. The Morgan fingerprint density at radius 1 is 1.10 bits per heavy atom. The first-order valence-electron chi connectivity index (χ1n) is 7.63. The SMILES string of the molecule is CCC(CC)CN(CC)c1cc2c(cc1N)OCCO2. The summed E-state index contributed by atoms with van der Waals surface area (Å²) in [6.07, 6.45) is 2.38. The molecule has 2 rings (SSSR count). The van der Waals surface area contributed by atoms with Crippen LogP contribution in [0.2, 0.25) is 0 Å². The number of anilines is 2. The average molecular weight is 278 g/mol. The highest BCUT2D eigenvalue weighted by molar-refractivity contribution is 5.73. The highest BCUT2D eigenvalue weighted by atomic mass is 16.6. The summed E-state index contributed by atoms with van der Waals surface area (Å²) in [5.41, 5.74) is 8.03. The Kier molecular flexibility index (Phi) is 4.99. The van der Waals surface area contributed by atoms with E-state index in [9.17, 15) is 0 Å². The molecular formula is C16H26N2O2. The fraction of sp³-hybridized carbons (Fsp3) is 0.625.